The third kappa shape index (κ3) is 3.26. The lowest BCUT2D eigenvalue weighted by Crippen LogP contribution is -2.38. The first-order valence-corrected chi connectivity index (χ1v) is 9.96. The molecule has 24 heavy (non-hydrogen) atoms. The predicted octanol–water partition coefficient (Wildman–Crippen LogP) is 4.18. The molecule has 4 heteroatoms. The Labute approximate surface area is 145 Å². The first kappa shape index (κ1) is 17.2. The molecule has 0 amide bonds. The van der Waals surface area contributed by atoms with Crippen LogP contribution in [0.5, 0.6) is 0 Å². The summed E-state index contributed by atoms with van der Waals surface area (Å²) in [5, 5.41) is 0. The highest BCUT2D eigenvalue weighted by molar-refractivity contribution is 7.89. The van der Waals surface area contributed by atoms with Crippen molar-refractivity contribution < 1.29 is 8.42 Å². The van der Waals surface area contributed by atoms with E-state index in [1.165, 1.54) is 5.56 Å². The van der Waals surface area contributed by atoms with Gasteiger partial charge in [0.1, 0.15) is 0 Å². The van der Waals surface area contributed by atoms with E-state index in [-0.39, 0.29) is 0 Å². The zero-order valence-electron chi connectivity index (χ0n) is 14.6. The molecule has 2 aromatic rings. The summed E-state index contributed by atoms with van der Waals surface area (Å²) in [5.74, 6) is 0.456. The summed E-state index contributed by atoms with van der Waals surface area (Å²) in [6, 6.07) is 14.3. The minimum absolute atomic E-state index is 0.456. The first-order valence-electron chi connectivity index (χ1n) is 8.52. The summed E-state index contributed by atoms with van der Waals surface area (Å²) < 4.78 is 27.9. The number of aryl methyl sites for hydroxylation is 3. The molecule has 0 unspecified atom stereocenters. The van der Waals surface area contributed by atoms with E-state index in [4.69, 9.17) is 0 Å². The summed E-state index contributed by atoms with van der Waals surface area (Å²) in [5.41, 5.74) is 4.11. The molecule has 1 aliphatic rings. The standard InChI is InChI=1S/C20H25NO2S/c1-15-13-16(2)20(17(3)14-15)24(22,23)21-11-9-19(10-12-21)18-7-5-4-6-8-18/h4-8,13-14,19H,9-12H2,1-3H3. The van der Waals surface area contributed by atoms with E-state index in [1.54, 1.807) is 4.31 Å². The zero-order chi connectivity index (χ0) is 17.3. The van der Waals surface area contributed by atoms with Gasteiger partial charge in [0, 0.05) is 13.1 Å². The number of hydrogen-bond acceptors (Lipinski definition) is 2. The third-order valence-electron chi connectivity index (χ3n) is 4.93. The largest absolute Gasteiger partial charge is 0.243 e. The Morgan fingerprint density at radius 2 is 1.46 bits per heavy atom. The van der Waals surface area contributed by atoms with Crippen LogP contribution in [-0.4, -0.2) is 25.8 Å². The topological polar surface area (TPSA) is 37.4 Å². The van der Waals surface area contributed by atoms with Crippen molar-refractivity contribution in [1.29, 1.82) is 0 Å². The van der Waals surface area contributed by atoms with Crippen LogP contribution in [-0.2, 0) is 10.0 Å². The van der Waals surface area contributed by atoms with Gasteiger partial charge in [-0.3, -0.25) is 0 Å². The van der Waals surface area contributed by atoms with Crippen LogP contribution in [0, 0.1) is 20.8 Å². The molecule has 0 bridgehead atoms. The number of sulfonamides is 1. The predicted molar refractivity (Wildman–Crippen MR) is 97.8 cm³/mol. The molecule has 0 atom stereocenters. The summed E-state index contributed by atoms with van der Waals surface area (Å²) in [6.07, 6.45) is 1.76. The zero-order valence-corrected chi connectivity index (χ0v) is 15.4. The minimum Gasteiger partial charge on any atom is -0.207 e. The van der Waals surface area contributed by atoms with Crippen LogP contribution in [0.4, 0.5) is 0 Å². The summed E-state index contributed by atoms with van der Waals surface area (Å²) >= 11 is 0. The van der Waals surface area contributed by atoms with Crippen molar-refractivity contribution in [2.75, 3.05) is 13.1 Å². The number of piperidine rings is 1. The molecule has 0 aromatic heterocycles. The van der Waals surface area contributed by atoms with Crippen molar-refractivity contribution in [2.45, 2.75) is 44.4 Å². The summed E-state index contributed by atoms with van der Waals surface area (Å²) in [6.45, 7) is 6.97. The molecule has 1 fully saturated rings. The number of hydrogen-bond donors (Lipinski definition) is 0. The maximum absolute atomic E-state index is 13.1. The van der Waals surface area contributed by atoms with Crippen LogP contribution in [0.15, 0.2) is 47.4 Å². The molecule has 2 aromatic carbocycles. The quantitative estimate of drug-likeness (QED) is 0.838. The highest BCUT2D eigenvalue weighted by Crippen LogP contribution is 2.32. The molecule has 0 radical (unpaired) electrons. The molecule has 0 aliphatic carbocycles. The second-order valence-corrected chi connectivity index (χ2v) is 8.69. The van der Waals surface area contributed by atoms with E-state index in [1.807, 2.05) is 39.0 Å². The Hall–Kier alpha value is -1.65. The average Bonchev–Trinajstić information content (AvgIpc) is 2.54. The van der Waals surface area contributed by atoms with Crippen molar-refractivity contribution in [3.05, 3.63) is 64.7 Å². The maximum Gasteiger partial charge on any atom is 0.243 e. The molecular formula is C20H25NO2S. The van der Waals surface area contributed by atoms with Gasteiger partial charge in [-0.2, -0.15) is 4.31 Å². The number of benzene rings is 2. The van der Waals surface area contributed by atoms with Crippen LogP contribution >= 0.6 is 0 Å². The molecular weight excluding hydrogens is 318 g/mol. The molecule has 0 spiro atoms. The highest BCUT2D eigenvalue weighted by Gasteiger charge is 2.31. The van der Waals surface area contributed by atoms with Crippen molar-refractivity contribution in [3.63, 3.8) is 0 Å². The van der Waals surface area contributed by atoms with Crippen LogP contribution in [0.3, 0.4) is 0 Å². The van der Waals surface area contributed by atoms with Gasteiger partial charge in [-0.15, -0.1) is 0 Å². The Morgan fingerprint density at radius 1 is 0.917 bits per heavy atom. The van der Waals surface area contributed by atoms with Crippen LogP contribution in [0.25, 0.3) is 0 Å². The monoisotopic (exact) mass is 343 g/mol. The van der Waals surface area contributed by atoms with Gasteiger partial charge in [-0.05, 0) is 56.2 Å². The smallest absolute Gasteiger partial charge is 0.207 e. The summed E-state index contributed by atoms with van der Waals surface area (Å²) in [7, 11) is -3.41. The van der Waals surface area contributed by atoms with Crippen molar-refractivity contribution in [2.24, 2.45) is 0 Å². The maximum atomic E-state index is 13.1. The van der Waals surface area contributed by atoms with Crippen LogP contribution < -0.4 is 0 Å². The third-order valence-corrected chi connectivity index (χ3v) is 7.13. The fourth-order valence-electron chi connectivity index (χ4n) is 3.86. The van der Waals surface area contributed by atoms with Crippen LogP contribution in [0.2, 0.25) is 0 Å². The molecule has 3 rings (SSSR count). The molecule has 3 nitrogen and oxygen atoms in total. The molecule has 128 valence electrons. The van der Waals surface area contributed by atoms with Crippen molar-refractivity contribution in [1.82, 2.24) is 4.31 Å². The lowest BCUT2D eigenvalue weighted by molar-refractivity contribution is 0.319. The molecule has 1 aliphatic heterocycles. The van der Waals surface area contributed by atoms with Gasteiger partial charge in [0.25, 0.3) is 0 Å². The Balaban J connectivity index is 1.81. The second kappa shape index (κ2) is 6.69. The number of rotatable bonds is 3. The van der Waals surface area contributed by atoms with Gasteiger partial charge in [-0.1, -0.05) is 48.0 Å². The fraction of sp³-hybridized carbons (Fsp3) is 0.400. The second-order valence-electron chi connectivity index (χ2n) is 6.82. The molecule has 1 heterocycles. The van der Waals surface area contributed by atoms with E-state index >= 15 is 0 Å². The van der Waals surface area contributed by atoms with Gasteiger partial charge in [0.2, 0.25) is 10.0 Å². The summed E-state index contributed by atoms with van der Waals surface area (Å²) in [4.78, 5) is 0.492. The first-order chi connectivity index (χ1) is 11.4. The number of nitrogens with zero attached hydrogens (tertiary/aromatic N) is 1. The van der Waals surface area contributed by atoms with Gasteiger partial charge in [0.05, 0.1) is 4.90 Å². The normalized spacial score (nSPS) is 17.1. The highest BCUT2D eigenvalue weighted by atomic mass is 32.2. The van der Waals surface area contributed by atoms with E-state index in [2.05, 4.69) is 24.3 Å². The lowest BCUT2D eigenvalue weighted by Gasteiger charge is -2.32. The van der Waals surface area contributed by atoms with Gasteiger partial charge in [0.15, 0.2) is 0 Å². The lowest BCUT2D eigenvalue weighted by atomic mass is 9.90. The van der Waals surface area contributed by atoms with Crippen molar-refractivity contribution >= 4 is 10.0 Å². The van der Waals surface area contributed by atoms with Gasteiger partial charge in [-0.25, -0.2) is 8.42 Å². The Morgan fingerprint density at radius 3 is 2.00 bits per heavy atom. The van der Waals surface area contributed by atoms with Crippen LogP contribution in [0.1, 0.15) is 41.0 Å². The van der Waals surface area contributed by atoms with E-state index in [9.17, 15) is 8.42 Å². The van der Waals surface area contributed by atoms with Crippen molar-refractivity contribution in [3.8, 4) is 0 Å². The van der Waals surface area contributed by atoms with Gasteiger partial charge >= 0.3 is 0 Å². The van der Waals surface area contributed by atoms with Gasteiger partial charge < -0.3 is 0 Å². The fourth-order valence-corrected chi connectivity index (χ4v) is 5.74. The Bertz CT molecular complexity index is 797. The van der Waals surface area contributed by atoms with E-state index in [0.29, 0.717) is 23.9 Å². The SMILES string of the molecule is Cc1cc(C)c(S(=O)(=O)N2CCC(c3ccccc3)CC2)c(C)c1. The molecule has 1 saturated heterocycles. The molecule has 0 saturated carbocycles. The van der Waals surface area contributed by atoms with E-state index in [0.717, 1.165) is 29.5 Å². The Kier molecular flexibility index (Phi) is 4.79. The average molecular weight is 343 g/mol. The van der Waals surface area contributed by atoms with E-state index < -0.39 is 10.0 Å². The molecule has 0 N–H and O–H groups in total. The minimum atomic E-state index is -3.41.